The van der Waals surface area contributed by atoms with Gasteiger partial charge in [-0.1, -0.05) is 6.92 Å². The third-order valence-corrected chi connectivity index (χ3v) is 5.39. The normalized spacial score (nSPS) is 21.1. The van der Waals surface area contributed by atoms with Gasteiger partial charge in [-0.05, 0) is 35.2 Å². The summed E-state index contributed by atoms with van der Waals surface area (Å²) in [6.07, 6.45) is -0.355. The van der Waals surface area contributed by atoms with Crippen LogP contribution in [0.1, 0.15) is 25.5 Å². The first kappa shape index (κ1) is 21.5. The number of H-pyrrole nitrogens is 1. The second-order valence-corrected chi connectivity index (χ2v) is 7.54. The maximum Gasteiger partial charge on any atom is 0.490 e. The lowest BCUT2D eigenvalue weighted by Crippen LogP contribution is -2.64. The average molecular weight is 478 g/mol. The van der Waals surface area contributed by atoms with Gasteiger partial charge in [0, 0.05) is 30.9 Å². The minimum absolute atomic E-state index is 0.00745. The summed E-state index contributed by atoms with van der Waals surface area (Å²) >= 11 is 3.31. The molecule has 1 saturated carbocycles. The lowest BCUT2D eigenvalue weighted by atomic mass is 9.83. The molecule has 2 aromatic rings. The number of aryl methyl sites for hydroxylation is 1. The van der Waals surface area contributed by atoms with Gasteiger partial charge in [0.15, 0.2) is 11.2 Å². The zero-order chi connectivity index (χ0) is 21.3. The van der Waals surface area contributed by atoms with Gasteiger partial charge in [-0.2, -0.15) is 13.2 Å². The molecule has 0 aromatic carbocycles. The molecule has 1 aliphatic carbocycles. The third-order valence-electron chi connectivity index (χ3n) is 5.01. The quantitative estimate of drug-likeness (QED) is 0.607. The molecule has 0 unspecified atom stereocenters. The van der Waals surface area contributed by atoms with Gasteiger partial charge in [-0.15, -0.1) is 0 Å². The van der Waals surface area contributed by atoms with Crippen LogP contribution in [0.5, 0.6) is 0 Å². The smallest absolute Gasteiger partial charge is 0.475 e. The van der Waals surface area contributed by atoms with Crippen molar-refractivity contribution in [2.75, 3.05) is 18.0 Å². The predicted octanol–water partition coefficient (Wildman–Crippen LogP) is 2.22. The molecule has 29 heavy (non-hydrogen) atoms. The van der Waals surface area contributed by atoms with Crippen LogP contribution in [0.4, 0.5) is 18.9 Å². The van der Waals surface area contributed by atoms with E-state index >= 15 is 0 Å². The van der Waals surface area contributed by atoms with Crippen LogP contribution in [-0.2, 0) is 11.2 Å². The Kier molecular flexibility index (Phi) is 6.13. The Morgan fingerprint density at radius 2 is 2.10 bits per heavy atom. The van der Waals surface area contributed by atoms with Gasteiger partial charge in [-0.3, -0.25) is 4.79 Å². The van der Waals surface area contributed by atoms with Crippen LogP contribution in [0.3, 0.4) is 0 Å². The van der Waals surface area contributed by atoms with Crippen molar-refractivity contribution in [1.82, 2.24) is 20.3 Å². The van der Waals surface area contributed by atoms with E-state index in [9.17, 15) is 18.0 Å². The molecule has 12 heteroatoms. The van der Waals surface area contributed by atoms with Gasteiger partial charge in [-0.25, -0.2) is 14.8 Å². The number of aromatic amines is 1. The number of carbonyl (C=O) groups is 1. The summed E-state index contributed by atoms with van der Waals surface area (Å²) < 4.78 is 32.3. The Morgan fingerprint density at radius 1 is 1.41 bits per heavy atom. The van der Waals surface area contributed by atoms with E-state index in [1.807, 2.05) is 0 Å². The van der Waals surface area contributed by atoms with Crippen molar-refractivity contribution in [3.63, 3.8) is 0 Å². The summed E-state index contributed by atoms with van der Waals surface area (Å²) in [6.45, 7) is 3.85. The number of aliphatic carboxylic acids is 1. The summed E-state index contributed by atoms with van der Waals surface area (Å²) in [4.78, 5) is 36.1. The number of fused-ring (bicyclic) bond motifs is 2. The summed E-state index contributed by atoms with van der Waals surface area (Å²) in [7, 11) is 0. The van der Waals surface area contributed by atoms with E-state index in [0.29, 0.717) is 27.9 Å². The number of rotatable bonds is 2. The van der Waals surface area contributed by atoms with Crippen molar-refractivity contribution in [3.8, 4) is 0 Å². The fraction of sp³-hybridized carbons (Fsp3) is 0.529. The lowest BCUT2D eigenvalue weighted by molar-refractivity contribution is -0.192. The highest BCUT2D eigenvalue weighted by atomic mass is 79.9. The first-order chi connectivity index (χ1) is 13.6. The lowest BCUT2D eigenvalue weighted by Gasteiger charge is -2.50. The average Bonchev–Trinajstić information content (AvgIpc) is 2.62. The van der Waals surface area contributed by atoms with E-state index in [1.54, 1.807) is 6.20 Å². The topological polar surface area (TPSA) is 111 Å². The number of piperazine rings is 1. The highest BCUT2D eigenvalue weighted by Crippen LogP contribution is 2.32. The van der Waals surface area contributed by atoms with E-state index in [2.05, 4.69) is 48.0 Å². The zero-order valence-electron chi connectivity index (χ0n) is 15.4. The van der Waals surface area contributed by atoms with Crippen molar-refractivity contribution in [2.24, 2.45) is 0 Å². The number of nitrogens with one attached hydrogen (secondary N) is 2. The molecular formula is C17H19BrF3N5O3. The van der Waals surface area contributed by atoms with Gasteiger partial charge < -0.3 is 20.3 Å². The first-order valence-corrected chi connectivity index (χ1v) is 9.80. The number of hydrogen-bond donors (Lipinski definition) is 3. The number of anilines is 1. The highest BCUT2D eigenvalue weighted by molar-refractivity contribution is 9.10. The van der Waals surface area contributed by atoms with Gasteiger partial charge >= 0.3 is 12.1 Å². The van der Waals surface area contributed by atoms with Gasteiger partial charge in [0.05, 0.1) is 6.20 Å². The molecular weight excluding hydrogens is 459 g/mol. The number of pyridine rings is 1. The molecule has 2 fully saturated rings. The maximum absolute atomic E-state index is 13.0. The molecule has 3 N–H and O–H groups in total. The Balaban J connectivity index is 0.000000298. The summed E-state index contributed by atoms with van der Waals surface area (Å²) in [5.74, 6) is -2.76. The van der Waals surface area contributed by atoms with Crippen molar-refractivity contribution in [3.05, 3.63) is 26.7 Å². The Labute approximate surface area is 171 Å². The number of alkyl halides is 3. The molecule has 3 heterocycles. The Bertz CT molecular complexity index is 981. The van der Waals surface area contributed by atoms with Crippen molar-refractivity contribution >= 4 is 38.8 Å². The van der Waals surface area contributed by atoms with Crippen LogP contribution < -0.4 is 15.6 Å². The van der Waals surface area contributed by atoms with Crippen molar-refractivity contribution in [1.29, 1.82) is 0 Å². The second-order valence-electron chi connectivity index (χ2n) is 6.73. The Hall–Kier alpha value is -2.21. The number of hydrogen-bond acceptors (Lipinski definition) is 6. The molecule has 1 aliphatic heterocycles. The van der Waals surface area contributed by atoms with Gasteiger partial charge in [0.25, 0.3) is 0 Å². The standard InChI is InChI=1S/C15H18BrN5O.C2HF3O2/c1-2-8-13(21-6-5-17-9-3-4-10(9)21)14(22)12-15(19-8)18-7-11(16)20-12;3-2(4,5)1(6)7/h7,9-10,17H,2-6H2,1H3,(H,18,19,22);(H,6,7)/t9-,10-;/m0./s1. The van der Waals surface area contributed by atoms with Crippen molar-refractivity contribution < 1.29 is 23.1 Å². The van der Waals surface area contributed by atoms with Crippen LogP contribution in [0.25, 0.3) is 11.2 Å². The van der Waals surface area contributed by atoms with E-state index in [-0.39, 0.29) is 5.43 Å². The van der Waals surface area contributed by atoms with E-state index in [1.165, 1.54) is 6.42 Å². The van der Waals surface area contributed by atoms with Crippen LogP contribution in [0, 0.1) is 0 Å². The number of carboxylic acid groups (broad SMARTS) is 1. The van der Waals surface area contributed by atoms with Crippen LogP contribution in [-0.4, -0.2) is 57.4 Å². The number of carboxylic acids is 1. The molecule has 2 aromatic heterocycles. The monoisotopic (exact) mass is 477 g/mol. The molecule has 158 valence electrons. The van der Waals surface area contributed by atoms with Crippen LogP contribution in [0.2, 0.25) is 0 Å². The first-order valence-electron chi connectivity index (χ1n) is 9.01. The fourth-order valence-electron chi connectivity index (χ4n) is 3.54. The molecule has 2 aliphatic rings. The molecule has 0 spiro atoms. The molecule has 4 rings (SSSR count). The predicted molar refractivity (Wildman–Crippen MR) is 103 cm³/mol. The Morgan fingerprint density at radius 3 is 2.66 bits per heavy atom. The number of aromatic nitrogens is 3. The fourth-order valence-corrected chi connectivity index (χ4v) is 3.82. The number of halogens is 4. The number of nitrogens with zero attached hydrogens (tertiary/aromatic N) is 3. The second kappa shape index (κ2) is 8.27. The summed E-state index contributed by atoms with van der Waals surface area (Å²) in [5.41, 5.74) is 2.72. The molecule has 8 nitrogen and oxygen atoms in total. The SMILES string of the molecule is CCc1[nH]c2ncc(Br)nc2c(=O)c1N1CCN[C@H]2CC[C@@H]21.O=C(O)C(F)(F)F. The van der Waals surface area contributed by atoms with E-state index in [4.69, 9.17) is 9.90 Å². The molecule has 0 bridgehead atoms. The van der Waals surface area contributed by atoms with Gasteiger partial charge in [0.1, 0.15) is 10.3 Å². The summed E-state index contributed by atoms with van der Waals surface area (Å²) in [6, 6.07) is 0.944. The molecule has 0 radical (unpaired) electrons. The summed E-state index contributed by atoms with van der Waals surface area (Å²) in [5, 5.41) is 10.7. The minimum Gasteiger partial charge on any atom is -0.475 e. The maximum atomic E-state index is 13.0. The van der Waals surface area contributed by atoms with Crippen LogP contribution >= 0.6 is 15.9 Å². The highest BCUT2D eigenvalue weighted by Gasteiger charge is 2.40. The van der Waals surface area contributed by atoms with Crippen molar-refractivity contribution in [2.45, 2.75) is 44.4 Å². The van der Waals surface area contributed by atoms with E-state index in [0.717, 1.165) is 37.3 Å². The van der Waals surface area contributed by atoms with Crippen LogP contribution in [0.15, 0.2) is 15.6 Å². The zero-order valence-corrected chi connectivity index (χ0v) is 17.0. The van der Waals surface area contributed by atoms with Gasteiger partial charge in [0.2, 0.25) is 5.43 Å². The van der Waals surface area contributed by atoms with E-state index < -0.39 is 12.1 Å². The third kappa shape index (κ3) is 4.37. The molecule has 2 atom stereocenters. The molecule has 1 saturated heterocycles. The molecule has 0 amide bonds. The minimum atomic E-state index is -5.08. The largest absolute Gasteiger partial charge is 0.490 e.